The molecule has 0 radical (unpaired) electrons. The van der Waals surface area contributed by atoms with Gasteiger partial charge in [0.2, 0.25) is 0 Å². The van der Waals surface area contributed by atoms with Crippen LogP contribution in [0.2, 0.25) is 0 Å². The molecule has 0 fully saturated rings. The highest BCUT2D eigenvalue weighted by molar-refractivity contribution is 5.85. The number of hydrogen-bond acceptors (Lipinski definition) is 1. The first kappa shape index (κ1) is 12.3. The van der Waals surface area contributed by atoms with Gasteiger partial charge in [0, 0.05) is 30.2 Å². The lowest BCUT2D eigenvalue weighted by Gasteiger charge is -2.24. The van der Waals surface area contributed by atoms with E-state index in [2.05, 4.69) is 5.32 Å². The van der Waals surface area contributed by atoms with Gasteiger partial charge in [-0.05, 0) is 25.1 Å². The Bertz CT molecular complexity index is 565. The molecule has 0 saturated carbocycles. The van der Waals surface area contributed by atoms with Gasteiger partial charge in [0.1, 0.15) is 11.6 Å². The zero-order valence-electron chi connectivity index (χ0n) is 9.34. The van der Waals surface area contributed by atoms with E-state index in [-0.39, 0.29) is 30.1 Å². The third kappa shape index (κ3) is 1.72. The van der Waals surface area contributed by atoms with Gasteiger partial charge in [-0.3, -0.25) is 0 Å². The summed E-state index contributed by atoms with van der Waals surface area (Å²) in [6.45, 7) is 3.45. The molecule has 1 aliphatic rings. The van der Waals surface area contributed by atoms with E-state index in [1.54, 1.807) is 6.07 Å². The van der Waals surface area contributed by atoms with Crippen LogP contribution in [0.3, 0.4) is 0 Å². The van der Waals surface area contributed by atoms with Gasteiger partial charge in [-0.25, -0.2) is 8.78 Å². The van der Waals surface area contributed by atoms with Crippen LogP contribution in [0.4, 0.5) is 8.78 Å². The summed E-state index contributed by atoms with van der Waals surface area (Å²) >= 11 is 0. The van der Waals surface area contributed by atoms with Crippen LogP contribution < -0.4 is 5.32 Å². The number of nitrogens with one attached hydrogen (secondary N) is 1. The van der Waals surface area contributed by atoms with Crippen molar-refractivity contribution in [3.63, 3.8) is 0 Å². The minimum atomic E-state index is -0.356. The van der Waals surface area contributed by atoms with Gasteiger partial charge >= 0.3 is 0 Å². The number of benzene rings is 1. The summed E-state index contributed by atoms with van der Waals surface area (Å²) in [6, 6.07) is 4.26. The first-order valence-corrected chi connectivity index (χ1v) is 5.37. The highest BCUT2D eigenvalue weighted by Gasteiger charge is 2.21. The van der Waals surface area contributed by atoms with Crippen LogP contribution in [0.5, 0.6) is 0 Å². The third-order valence-electron chi connectivity index (χ3n) is 3.16. The predicted octanol–water partition coefficient (Wildman–Crippen LogP) is 3.01. The summed E-state index contributed by atoms with van der Waals surface area (Å²) in [5, 5.41) is 3.60. The van der Waals surface area contributed by atoms with Gasteiger partial charge in [-0.15, -0.1) is 12.4 Å². The minimum Gasteiger partial charge on any atom is -0.337 e. The van der Waals surface area contributed by atoms with Crippen molar-refractivity contribution < 1.29 is 8.78 Å². The van der Waals surface area contributed by atoms with Crippen molar-refractivity contribution in [2.24, 2.45) is 0 Å². The molecule has 1 atom stereocenters. The molecule has 1 aromatic carbocycles. The SMILES string of the molecule is C[C@@H]1CNCc2cc3c(F)ccc(F)c3n21.Cl. The Labute approximate surface area is 104 Å². The fraction of sp³-hybridized carbons (Fsp3) is 0.333. The van der Waals surface area contributed by atoms with Crippen molar-refractivity contribution in [1.29, 1.82) is 0 Å². The Morgan fingerprint density at radius 3 is 2.76 bits per heavy atom. The van der Waals surface area contributed by atoms with Crippen LogP contribution in [0.15, 0.2) is 18.2 Å². The number of fused-ring (bicyclic) bond motifs is 3. The van der Waals surface area contributed by atoms with Crippen LogP contribution in [-0.2, 0) is 6.54 Å². The molecule has 2 heterocycles. The minimum absolute atomic E-state index is 0. The second-order valence-electron chi connectivity index (χ2n) is 4.28. The molecule has 1 aliphatic heterocycles. The van der Waals surface area contributed by atoms with E-state index in [4.69, 9.17) is 0 Å². The van der Waals surface area contributed by atoms with Crippen molar-refractivity contribution in [1.82, 2.24) is 9.88 Å². The number of nitrogens with zero attached hydrogens (tertiary/aromatic N) is 1. The molecule has 0 aliphatic carbocycles. The molecule has 92 valence electrons. The van der Waals surface area contributed by atoms with Crippen molar-refractivity contribution in [2.75, 3.05) is 6.54 Å². The van der Waals surface area contributed by atoms with E-state index in [1.807, 2.05) is 11.5 Å². The molecule has 1 N–H and O–H groups in total. The Morgan fingerprint density at radius 2 is 2.00 bits per heavy atom. The van der Waals surface area contributed by atoms with Gasteiger partial charge in [-0.1, -0.05) is 0 Å². The molecule has 2 aromatic rings. The largest absolute Gasteiger partial charge is 0.337 e. The van der Waals surface area contributed by atoms with Crippen LogP contribution in [0, 0.1) is 11.6 Å². The molecule has 0 saturated heterocycles. The van der Waals surface area contributed by atoms with Crippen LogP contribution in [0.25, 0.3) is 10.9 Å². The molecule has 0 bridgehead atoms. The normalized spacial score (nSPS) is 18.9. The molecular weight excluding hydrogens is 246 g/mol. The lowest BCUT2D eigenvalue weighted by molar-refractivity contribution is 0.435. The molecular formula is C12H13ClF2N2. The van der Waals surface area contributed by atoms with E-state index in [0.717, 1.165) is 12.2 Å². The van der Waals surface area contributed by atoms with Gasteiger partial charge in [0.05, 0.1) is 5.52 Å². The summed E-state index contributed by atoms with van der Waals surface area (Å²) in [4.78, 5) is 0. The van der Waals surface area contributed by atoms with E-state index < -0.39 is 0 Å². The topological polar surface area (TPSA) is 17.0 Å². The monoisotopic (exact) mass is 258 g/mol. The van der Waals surface area contributed by atoms with Crippen molar-refractivity contribution in [2.45, 2.75) is 19.5 Å². The predicted molar refractivity (Wildman–Crippen MR) is 65.5 cm³/mol. The molecule has 5 heteroatoms. The summed E-state index contributed by atoms with van der Waals surface area (Å²) in [6.07, 6.45) is 0. The van der Waals surface area contributed by atoms with Gasteiger partial charge in [-0.2, -0.15) is 0 Å². The number of hydrogen-bond donors (Lipinski definition) is 1. The standard InChI is InChI=1S/C12H12F2N2.ClH/c1-7-5-15-6-8-4-9-10(13)2-3-11(14)12(9)16(7)8;/h2-4,7,15H,5-6H2,1H3;1H/t7-;/m1./s1. The van der Waals surface area contributed by atoms with Crippen LogP contribution in [0.1, 0.15) is 18.7 Å². The second kappa shape index (κ2) is 4.27. The molecule has 2 nitrogen and oxygen atoms in total. The lowest BCUT2D eigenvalue weighted by Crippen LogP contribution is -2.31. The number of halogens is 3. The summed E-state index contributed by atoms with van der Waals surface area (Å²) in [7, 11) is 0. The lowest BCUT2D eigenvalue weighted by atomic mass is 10.2. The molecule has 0 spiro atoms. The molecule has 0 unspecified atom stereocenters. The average Bonchev–Trinajstić information content (AvgIpc) is 2.65. The van der Waals surface area contributed by atoms with Gasteiger partial charge in [0.25, 0.3) is 0 Å². The Hall–Kier alpha value is -1.13. The van der Waals surface area contributed by atoms with Crippen molar-refractivity contribution in [3.8, 4) is 0 Å². The van der Waals surface area contributed by atoms with Crippen LogP contribution >= 0.6 is 12.4 Å². The highest BCUT2D eigenvalue weighted by atomic mass is 35.5. The van der Waals surface area contributed by atoms with E-state index in [1.165, 1.54) is 12.1 Å². The van der Waals surface area contributed by atoms with Gasteiger partial charge < -0.3 is 9.88 Å². The Balaban J connectivity index is 0.00000108. The second-order valence-corrected chi connectivity index (χ2v) is 4.28. The average molecular weight is 259 g/mol. The summed E-state index contributed by atoms with van der Waals surface area (Å²) in [5.41, 5.74) is 1.33. The maximum atomic E-state index is 13.8. The Morgan fingerprint density at radius 1 is 1.29 bits per heavy atom. The fourth-order valence-corrected chi connectivity index (χ4v) is 2.46. The van der Waals surface area contributed by atoms with E-state index in [9.17, 15) is 8.78 Å². The zero-order chi connectivity index (χ0) is 11.3. The summed E-state index contributed by atoms with van der Waals surface area (Å²) in [5.74, 6) is -0.707. The van der Waals surface area contributed by atoms with E-state index in [0.29, 0.717) is 17.4 Å². The highest BCUT2D eigenvalue weighted by Crippen LogP contribution is 2.30. The first-order valence-electron chi connectivity index (χ1n) is 5.37. The molecule has 0 amide bonds. The quantitative estimate of drug-likeness (QED) is 0.769. The molecule has 3 rings (SSSR count). The maximum Gasteiger partial charge on any atom is 0.147 e. The smallest absolute Gasteiger partial charge is 0.147 e. The fourth-order valence-electron chi connectivity index (χ4n) is 2.46. The van der Waals surface area contributed by atoms with Crippen LogP contribution in [-0.4, -0.2) is 11.1 Å². The first-order chi connectivity index (χ1) is 7.68. The zero-order valence-corrected chi connectivity index (χ0v) is 10.2. The third-order valence-corrected chi connectivity index (χ3v) is 3.16. The van der Waals surface area contributed by atoms with Crippen molar-refractivity contribution in [3.05, 3.63) is 35.5 Å². The van der Waals surface area contributed by atoms with Gasteiger partial charge in [0.15, 0.2) is 0 Å². The maximum absolute atomic E-state index is 13.8. The van der Waals surface area contributed by atoms with Crippen molar-refractivity contribution >= 4 is 23.3 Å². The number of aromatic nitrogens is 1. The molecule has 1 aromatic heterocycles. The number of rotatable bonds is 0. The Kier molecular flexibility index (Phi) is 3.10. The molecule has 17 heavy (non-hydrogen) atoms. The summed E-state index contributed by atoms with van der Waals surface area (Å²) < 4.78 is 29.2. The van der Waals surface area contributed by atoms with E-state index >= 15 is 0 Å².